The van der Waals surface area contributed by atoms with Gasteiger partial charge < -0.3 is 10.4 Å². The highest BCUT2D eigenvalue weighted by Gasteiger charge is 2.16. The summed E-state index contributed by atoms with van der Waals surface area (Å²) < 4.78 is 1.15. The van der Waals surface area contributed by atoms with Gasteiger partial charge in [-0.15, -0.1) is 11.3 Å². The van der Waals surface area contributed by atoms with E-state index in [9.17, 15) is 5.11 Å². The molecule has 0 saturated heterocycles. The number of thiophene rings is 1. The Hall–Kier alpha value is 0.1000. The van der Waals surface area contributed by atoms with E-state index >= 15 is 0 Å². The van der Waals surface area contributed by atoms with Crippen LogP contribution < -0.4 is 5.32 Å². The highest BCUT2D eigenvalue weighted by atomic mass is 79.9. The molecule has 0 saturated carbocycles. The van der Waals surface area contributed by atoms with E-state index in [1.807, 2.05) is 0 Å². The van der Waals surface area contributed by atoms with E-state index in [0.717, 1.165) is 3.79 Å². The van der Waals surface area contributed by atoms with Crippen LogP contribution in [0.1, 0.15) is 31.7 Å². The van der Waals surface area contributed by atoms with Crippen LogP contribution in [0.4, 0.5) is 0 Å². The molecule has 0 radical (unpaired) electrons. The van der Waals surface area contributed by atoms with Crippen molar-refractivity contribution in [1.29, 1.82) is 0 Å². The molecule has 0 aliphatic carbocycles. The van der Waals surface area contributed by atoms with Crippen molar-refractivity contribution >= 4 is 27.3 Å². The SMILES string of the molecule is CC(N[C@H](CO)C(C)C)c1ccc(Br)s1. The lowest BCUT2D eigenvalue weighted by atomic mass is 10.0. The minimum absolute atomic E-state index is 0.167. The largest absolute Gasteiger partial charge is 0.395 e. The summed E-state index contributed by atoms with van der Waals surface area (Å²) in [6, 6.07) is 4.63. The summed E-state index contributed by atoms with van der Waals surface area (Å²) >= 11 is 5.19. The zero-order valence-corrected chi connectivity index (χ0v) is 11.7. The third-order valence-corrected chi connectivity index (χ3v) is 4.29. The molecule has 0 aromatic carbocycles. The molecule has 2 nitrogen and oxygen atoms in total. The number of hydrogen-bond acceptors (Lipinski definition) is 3. The predicted molar refractivity (Wildman–Crippen MR) is 69.3 cm³/mol. The van der Waals surface area contributed by atoms with Crippen LogP contribution in [0.3, 0.4) is 0 Å². The summed E-state index contributed by atoms with van der Waals surface area (Å²) in [7, 11) is 0. The van der Waals surface area contributed by atoms with Crippen molar-refractivity contribution in [2.24, 2.45) is 5.92 Å². The van der Waals surface area contributed by atoms with Gasteiger partial charge in [-0.05, 0) is 40.9 Å². The number of rotatable bonds is 5. The van der Waals surface area contributed by atoms with Gasteiger partial charge in [0, 0.05) is 17.0 Å². The van der Waals surface area contributed by atoms with E-state index in [1.54, 1.807) is 11.3 Å². The van der Waals surface area contributed by atoms with Crippen molar-refractivity contribution in [2.45, 2.75) is 32.9 Å². The average Bonchev–Trinajstić information content (AvgIpc) is 2.60. The Kier molecular flexibility index (Phi) is 5.26. The Balaban J connectivity index is 2.58. The molecule has 0 aliphatic heterocycles. The van der Waals surface area contributed by atoms with Gasteiger partial charge >= 0.3 is 0 Å². The van der Waals surface area contributed by atoms with Gasteiger partial charge in [0.25, 0.3) is 0 Å². The number of aliphatic hydroxyl groups excluding tert-OH is 1. The summed E-state index contributed by atoms with van der Waals surface area (Å²) in [5.74, 6) is 0.445. The van der Waals surface area contributed by atoms with Crippen LogP contribution in [0, 0.1) is 5.92 Å². The molecule has 2 N–H and O–H groups in total. The summed E-state index contributed by atoms with van der Waals surface area (Å²) in [4.78, 5) is 1.29. The molecule has 1 unspecified atom stereocenters. The van der Waals surface area contributed by atoms with Crippen LogP contribution in [0.2, 0.25) is 0 Å². The highest BCUT2D eigenvalue weighted by molar-refractivity contribution is 9.11. The van der Waals surface area contributed by atoms with Gasteiger partial charge in [-0.1, -0.05) is 13.8 Å². The molecule has 1 rings (SSSR count). The van der Waals surface area contributed by atoms with Crippen LogP contribution in [-0.2, 0) is 0 Å². The van der Waals surface area contributed by atoms with E-state index in [-0.39, 0.29) is 12.6 Å². The highest BCUT2D eigenvalue weighted by Crippen LogP contribution is 2.27. The van der Waals surface area contributed by atoms with Crippen LogP contribution >= 0.6 is 27.3 Å². The lowest BCUT2D eigenvalue weighted by molar-refractivity contribution is 0.202. The molecule has 4 heteroatoms. The minimum atomic E-state index is 0.167. The quantitative estimate of drug-likeness (QED) is 0.873. The first-order chi connectivity index (χ1) is 7.04. The zero-order valence-electron chi connectivity index (χ0n) is 9.33. The maximum atomic E-state index is 9.23. The molecule has 0 aliphatic rings. The maximum absolute atomic E-state index is 9.23. The van der Waals surface area contributed by atoms with E-state index < -0.39 is 0 Å². The van der Waals surface area contributed by atoms with Gasteiger partial charge in [-0.25, -0.2) is 0 Å². The topological polar surface area (TPSA) is 32.3 Å². The van der Waals surface area contributed by atoms with Crippen molar-refractivity contribution in [2.75, 3.05) is 6.61 Å². The van der Waals surface area contributed by atoms with Gasteiger partial charge in [-0.3, -0.25) is 0 Å². The van der Waals surface area contributed by atoms with Gasteiger partial charge in [-0.2, -0.15) is 0 Å². The Bertz CT molecular complexity index is 301. The van der Waals surface area contributed by atoms with Gasteiger partial charge in [0.2, 0.25) is 0 Å². The Morgan fingerprint density at radius 1 is 1.40 bits per heavy atom. The van der Waals surface area contributed by atoms with E-state index in [0.29, 0.717) is 12.0 Å². The predicted octanol–water partition coefficient (Wildman–Crippen LogP) is 3.18. The Labute approximate surface area is 104 Å². The lowest BCUT2D eigenvalue weighted by Crippen LogP contribution is -2.38. The molecule has 0 bridgehead atoms. The monoisotopic (exact) mass is 291 g/mol. The third-order valence-electron chi connectivity index (χ3n) is 2.49. The van der Waals surface area contributed by atoms with Crippen LogP contribution in [0.5, 0.6) is 0 Å². The van der Waals surface area contributed by atoms with E-state index in [1.165, 1.54) is 4.88 Å². The minimum Gasteiger partial charge on any atom is -0.395 e. The fraction of sp³-hybridized carbons (Fsp3) is 0.636. The van der Waals surface area contributed by atoms with Crippen molar-refractivity contribution in [3.63, 3.8) is 0 Å². The number of nitrogens with one attached hydrogen (secondary N) is 1. The molecule has 0 fully saturated rings. The zero-order chi connectivity index (χ0) is 11.4. The first-order valence-electron chi connectivity index (χ1n) is 5.16. The second kappa shape index (κ2) is 5.99. The number of halogens is 1. The van der Waals surface area contributed by atoms with E-state index in [2.05, 4.69) is 54.2 Å². The van der Waals surface area contributed by atoms with E-state index in [4.69, 9.17) is 0 Å². The summed E-state index contributed by atoms with van der Waals surface area (Å²) in [5.41, 5.74) is 0. The molecule has 0 spiro atoms. The summed E-state index contributed by atoms with van der Waals surface area (Å²) in [6.07, 6.45) is 0. The molecule has 1 aromatic heterocycles. The average molecular weight is 292 g/mol. The normalized spacial score (nSPS) is 15.6. The molecular weight excluding hydrogens is 274 g/mol. The fourth-order valence-corrected chi connectivity index (χ4v) is 2.86. The number of hydrogen-bond donors (Lipinski definition) is 2. The van der Waals surface area contributed by atoms with Gasteiger partial charge in [0.05, 0.1) is 10.4 Å². The van der Waals surface area contributed by atoms with Crippen molar-refractivity contribution in [3.05, 3.63) is 20.8 Å². The van der Waals surface area contributed by atoms with Gasteiger partial charge in [0.15, 0.2) is 0 Å². The second-order valence-electron chi connectivity index (χ2n) is 4.06. The Morgan fingerprint density at radius 3 is 2.47 bits per heavy atom. The summed E-state index contributed by atoms with van der Waals surface area (Å²) in [5, 5.41) is 12.7. The molecule has 1 aromatic rings. The standard InChI is InChI=1S/C11H18BrNOS/c1-7(2)9(6-14)13-8(3)10-4-5-11(12)15-10/h4-5,7-9,13-14H,6H2,1-3H3/t8?,9-/m1/s1. The lowest BCUT2D eigenvalue weighted by Gasteiger charge is -2.24. The molecular formula is C11H18BrNOS. The summed E-state index contributed by atoms with van der Waals surface area (Å²) in [6.45, 7) is 6.55. The first kappa shape index (κ1) is 13.2. The van der Waals surface area contributed by atoms with Crippen molar-refractivity contribution in [3.8, 4) is 0 Å². The van der Waals surface area contributed by atoms with Crippen molar-refractivity contribution in [1.82, 2.24) is 5.32 Å². The molecule has 2 atom stereocenters. The van der Waals surface area contributed by atoms with Crippen LogP contribution in [0.15, 0.2) is 15.9 Å². The van der Waals surface area contributed by atoms with Crippen LogP contribution in [0.25, 0.3) is 0 Å². The van der Waals surface area contributed by atoms with Crippen LogP contribution in [-0.4, -0.2) is 17.8 Å². The Morgan fingerprint density at radius 2 is 2.07 bits per heavy atom. The van der Waals surface area contributed by atoms with Gasteiger partial charge in [0.1, 0.15) is 0 Å². The third kappa shape index (κ3) is 3.87. The number of aliphatic hydroxyl groups is 1. The second-order valence-corrected chi connectivity index (χ2v) is 6.56. The molecule has 86 valence electrons. The maximum Gasteiger partial charge on any atom is 0.0701 e. The first-order valence-corrected chi connectivity index (χ1v) is 6.77. The molecule has 15 heavy (non-hydrogen) atoms. The smallest absolute Gasteiger partial charge is 0.0701 e. The molecule has 0 amide bonds. The fourth-order valence-electron chi connectivity index (χ4n) is 1.42. The van der Waals surface area contributed by atoms with Crippen molar-refractivity contribution < 1.29 is 5.11 Å². The molecule has 1 heterocycles.